The van der Waals surface area contributed by atoms with Crippen LogP contribution in [0.2, 0.25) is 0 Å². The molecule has 1 aliphatic rings. The Bertz CT molecular complexity index is 184. The summed E-state index contributed by atoms with van der Waals surface area (Å²) >= 11 is 0. The number of aliphatic hydroxyl groups is 1. The second kappa shape index (κ2) is 4.04. The summed E-state index contributed by atoms with van der Waals surface area (Å²) in [5.74, 6) is 0.0978. The van der Waals surface area contributed by atoms with Gasteiger partial charge in [-0.15, -0.1) is 0 Å². The highest BCUT2D eigenvalue weighted by molar-refractivity contribution is 7.72. The summed E-state index contributed by atoms with van der Waals surface area (Å²) in [7, 11) is -2.33. The zero-order valence-electron chi connectivity index (χ0n) is 6.27. The maximum absolute atomic E-state index is 10.3. The molecule has 11 heavy (non-hydrogen) atoms. The van der Waals surface area contributed by atoms with Crippen LogP contribution in [0.4, 0.5) is 0 Å². The summed E-state index contributed by atoms with van der Waals surface area (Å²) < 4.78 is 20.7. The summed E-state index contributed by atoms with van der Waals surface area (Å²) in [5, 5.41) is 8.81. The summed E-state index contributed by atoms with van der Waals surface area (Å²) in [6, 6.07) is 0.0721. The average molecular weight is 179 g/mol. The number of hydrogen-bond acceptors (Lipinski definition) is 4. The summed E-state index contributed by atoms with van der Waals surface area (Å²) in [4.78, 5) is 1.81. The van der Waals surface area contributed by atoms with Crippen molar-refractivity contribution in [2.45, 2.75) is 18.9 Å². The van der Waals surface area contributed by atoms with E-state index in [2.05, 4.69) is 0 Å². The molecule has 1 heterocycles. The molecule has 1 fully saturated rings. The van der Waals surface area contributed by atoms with Gasteiger partial charge in [0.15, 0.2) is 10.7 Å². The zero-order chi connectivity index (χ0) is 8.27. The van der Waals surface area contributed by atoms with Gasteiger partial charge in [-0.3, -0.25) is 4.90 Å². The first-order valence-corrected chi connectivity index (χ1v) is 5.07. The number of hydrogen-bond donors (Lipinski definition) is 2. The largest absolute Gasteiger partial charge is 0.395 e. The first-order valence-electron chi connectivity index (χ1n) is 3.70. The van der Waals surface area contributed by atoms with Crippen molar-refractivity contribution in [3.8, 4) is 0 Å². The molecule has 1 N–H and O–H groups in total. The lowest BCUT2D eigenvalue weighted by Gasteiger charge is -2.18. The van der Waals surface area contributed by atoms with Crippen molar-refractivity contribution in [3.63, 3.8) is 0 Å². The molecule has 0 radical (unpaired) electrons. The Morgan fingerprint density at radius 1 is 1.55 bits per heavy atom. The molecule has 1 saturated heterocycles. The topological polar surface area (TPSA) is 57.6 Å². The van der Waals surface area contributed by atoms with Crippen LogP contribution in [-0.2, 0) is 10.7 Å². The van der Waals surface area contributed by atoms with Crippen LogP contribution in [0, 0.1) is 0 Å². The van der Waals surface area contributed by atoms with Crippen molar-refractivity contribution < 1.29 is 13.5 Å². The molecule has 0 aromatic heterocycles. The molecule has 0 spiro atoms. The Morgan fingerprint density at radius 2 is 2.27 bits per heavy atom. The molecule has 66 valence electrons. The predicted molar refractivity (Wildman–Crippen MR) is 42.0 cm³/mol. The van der Waals surface area contributed by atoms with Gasteiger partial charge in [-0.25, -0.2) is 8.42 Å². The first-order chi connectivity index (χ1) is 5.24. The highest BCUT2D eigenvalue weighted by Crippen LogP contribution is 2.15. The molecule has 0 saturated carbocycles. The van der Waals surface area contributed by atoms with E-state index in [4.69, 9.17) is 5.11 Å². The van der Waals surface area contributed by atoms with Crippen molar-refractivity contribution in [1.29, 1.82) is 0 Å². The second-order valence-electron chi connectivity index (χ2n) is 2.77. The van der Waals surface area contributed by atoms with Gasteiger partial charge in [0, 0.05) is 6.04 Å². The Kier molecular flexibility index (Phi) is 3.29. The fourth-order valence-electron chi connectivity index (χ4n) is 1.44. The molecule has 0 aliphatic carbocycles. The Morgan fingerprint density at radius 3 is 2.82 bits per heavy atom. The third kappa shape index (κ3) is 2.43. The molecule has 0 aromatic carbocycles. The van der Waals surface area contributed by atoms with Gasteiger partial charge in [0.2, 0.25) is 0 Å². The molecule has 0 bridgehead atoms. The van der Waals surface area contributed by atoms with Gasteiger partial charge in [-0.2, -0.15) is 0 Å². The third-order valence-corrected chi connectivity index (χ3v) is 2.60. The van der Waals surface area contributed by atoms with E-state index in [-0.39, 0.29) is 18.5 Å². The molecule has 0 amide bonds. The molecular weight excluding hydrogens is 166 g/mol. The molecule has 1 unspecified atom stereocenters. The Labute approximate surface area is 67.8 Å². The monoisotopic (exact) mass is 179 g/mol. The lowest BCUT2D eigenvalue weighted by Crippen LogP contribution is -2.33. The van der Waals surface area contributed by atoms with Crippen molar-refractivity contribution in [2.75, 3.05) is 19.0 Å². The second-order valence-corrected chi connectivity index (χ2v) is 3.71. The van der Waals surface area contributed by atoms with Crippen LogP contribution >= 0.6 is 0 Å². The smallest absolute Gasteiger partial charge is 0.153 e. The molecule has 5 heteroatoms. The third-order valence-electron chi connectivity index (χ3n) is 2.01. The summed E-state index contributed by atoms with van der Waals surface area (Å²) in [6.07, 6.45) is 1.91. The van der Waals surface area contributed by atoms with Crippen molar-refractivity contribution >= 4 is 10.7 Å². The van der Waals surface area contributed by atoms with Crippen LogP contribution < -0.4 is 0 Å². The van der Waals surface area contributed by atoms with Gasteiger partial charge < -0.3 is 5.11 Å². The lowest BCUT2D eigenvalue weighted by atomic mass is 10.2. The van der Waals surface area contributed by atoms with Crippen LogP contribution in [-0.4, -0.2) is 43.5 Å². The number of nitrogens with zero attached hydrogens (tertiary/aromatic N) is 1. The van der Waals surface area contributed by atoms with Gasteiger partial charge >= 0.3 is 0 Å². The minimum Gasteiger partial charge on any atom is -0.395 e. The minimum atomic E-state index is -2.33. The fourth-order valence-corrected chi connectivity index (χ4v) is 2.11. The van der Waals surface area contributed by atoms with Gasteiger partial charge in [0.05, 0.1) is 12.5 Å². The van der Waals surface area contributed by atoms with Crippen LogP contribution in [0.25, 0.3) is 0 Å². The summed E-state index contributed by atoms with van der Waals surface area (Å²) in [5.41, 5.74) is 0. The number of aliphatic hydroxyl groups excluding tert-OH is 1. The average Bonchev–Trinajstić information content (AvgIpc) is 2.34. The van der Waals surface area contributed by atoms with Gasteiger partial charge in [0.25, 0.3) is 0 Å². The number of rotatable bonds is 3. The minimum absolute atomic E-state index is 0.0721. The van der Waals surface area contributed by atoms with E-state index in [1.165, 1.54) is 0 Å². The highest BCUT2D eigenvalue weighted by Gasteiger charge is 2.23. The first kappa shape index (κ1) is 8.96. The number of likely N-dealkylation sites (tertiary alicyclic amines) is 1. The fraction of sp³-hybridized carbons (Fsp3) is 1.00. The maximum atomic E-state index is 10.3. The maximum Gasteiger partial charge on any atom is 0.153 e. The van der Waals surface area contributed by atoms with E-state index < -0.39 is 10.7 Å². The van der Waals surface area contributed by atoms with Crippen molar-refractivity contribution in [2.24, 2.45) is 0 Å². The van der Waals surface area contributed by atoms with E-state index in [0.29, 0.717) is 0 Å². The van der Waals surface area contributed by atoms with E-state index in [0.717, 1.165) is 19.4 Å². The van der Waals surface area contributed by atoms with Crippen molar-refractivity contribution in [3.05, 3.63) is 0 Å². The van der Waals surface area contributed by atoms with Gasteiger partial charge in [-0.1, -0.05) is 0 Å². The standard InChI is InChI=1S/C6H13NO3S/c8-4-6-2-1-3-7(6)5-11(9)10/h6,8,11H,1-5H2. The molecule has 1 atom stereocenters. The lowest BCUT2D eigenvalue weighted by molar-refractivity contribution is 0.175. The molecule has 0 aromatic rings. The van der Waals surface area contributed by atoms with Crippen molar-refractivity contribution in [1.82, 2.24) is 4.90 Å². The van der Waals surface area contributed by atoms with Crippen LogP contribution in [0.5, 0.6) is 0 Å². The highest BCUT2D eigenvalue weighted by atomic mass is 32.2. The molecule has 1 rings (SSSR count). The normalized spacial score (nSPS) is 26.5. The SMILES string of the molecule is O=[SH](=O)CN1CCCC1CO. The predicted octanol–water partition coefficient (Wildman–Crippen LogP) is -0.988. The molecular formula is C6H13NO3S. The van der Waals surface area contributed by atoms with Crippen LogP contribution in [0.1, 0.15) is 12.8 Å². The van der Waals surface area contributed by atoms with E-state index in [1.54, 1.807) is 0 Å². The summed E-state index contributed by atoms with van der Waals surface area (Å²) in [6.45, 7) is 0.873. The van der Waals surface area contributed by atoms with E-state index in [1.807, 2.05) is 4.90 Å². The van der Waals surface area contributed by atoms with Gasteiger partial charge in [0.1, 0.15) is 0 Å². The Hall–Kier alpha value is -0.130. The van der Waals surface area contributed by atoms with E-state index >= 15 is 0 Å². The van der Waals surface area contributed by atoms with E-state index in [9.17, 15) is 8.42 Å². The van der Waals surface area contributed by atoms with Crippen LogP contribution in [0.15, 0.2) is 0 Å². The Balaban J connectivity index is 2.43. The van der Waals surface area contributed by atoms with Gasteiger partial charge in [-0.05, 0) is 19.4 Å². The zero-order valence-corrected chi connectivity index (χ0v) is 7.17. The molecule has 1 aliphatic heterocycles. The van der Waals surface area contributed by atoms with Crippen LogP contribution in [0.3, 0.4) is 0 Å². The molecule has 4 nitrogen and oxygen atoms in total. The quantitative estimate of drug-likeness (QED) is 0.546. The number of thiol groups is 1.